The number of carbonyl (C=O) groups excluding carboxylic acids is 1. The molecule has 184 valence electrons. The highest BCUT2D eigenvalue weighted by Crippen LogP contribution is 2.38. The van der Waals surface area contributed by atoms with Crippen molar-refractivity contribution in [1.29, 1.82) is 0 Å². The molecule has 0 bridgehead atoms. The first kappa shape index (κ1) is 23.3. The summed E-state index contributed by atoms with van der Waals surface area (Å²) in [5.41, 5.74) is 2.98. The van der Waals surface area contributed by atoms with Gasteiger partial charge in [0.05, 0.1) is 24.2 Å². The summed E-state index contributed by atoms with van der Waals surface area (Å²) in [6, 6.07) is 11.5. The van der Waals surface area contributed by atoms with E-state index in [4.69, 9.17) is 4.74 Å². The molecule has 36 heavy (non-hydrogen) atoms. The molecule has 4 aromatic rings. The number of pyridine rings is 1. The number of hydrogen-bond acceptors (Lipinski definition) is 8. The molecule has 5 rings (SSSR count). The zero-order valence-corrected chi connectivity index (χ0v) is 20.3. The second-order valence-corrected chi connectivity index (χ2v) is 8.52. The van der Waals surface area contributed by atoms with E-state index < -0.39 is 0 Å². The van der Waals surface area contributed by atoms with Crippen LogP contribution in [0.1, 0.15) is 0 Å². The lowest BCUT2D eigenvalue weighted by atomic mass is 10.1. The highest BCUT2D eigenvalue weighted by Gasteiger charge is 2.21. The number of rotatable bonds is 7. The number of nitrogens with zero attached hydrogens (tertiary/aromatic N) is 6. The predicted octanol–water partition coefficient (Wildman–Crippen LogP) is 3.44. The maximum Gasteiger partial charge on any atom is 0.247 e. The zero-order chi connectivity index (χ0) is 25.1. The maximum atomic E-state index is 12.2. The molecule has 0 spiro atoms. The van der Waals surface area contributed by atoms with Gasteiger partial charge in [0.1, 0.15) is 17.2 Å². The molecule has 1 saturated heterocycles. The summed E-state index contributed by atoms with van der Waals surface area (Å²) >= 11 is 0. The first-order valence-electron chi connectivity index (χ1n) is 11.7. The van der Waals surface area contributed by atoms with Gasteiger partial charge in [-0.3, -0.25) is 9.36 Å². The van der Waals surface area contributed by atoms with Crippen LogP contribution in [0.5, 0.6) is 5.75 Å². The Labute approximate surface area is 209 Å². The summed E-state index contributed by atoms with van der Waals surface area (Å²) < 4.78 is 7.62. The van der Waals surface area contributed by atoms with Gasteiger partial charge in [-0.15, -0.1) is 0 Å². The van der Waals surface area contributed by atoms with Gasteiger partial charge in [0, 0.05) is 56.2 Å². The number of nitrogens with one attached hydrogen (secondary N) is 2. The summed E-state index contributed by atoms with van der Waals surface area (Å²) in [6.45, 7) is 7.13. The van der Waals surface area contributed by atoms with E-state index in [0.717, 1.165) is 42.9 Å². The number of aromatic nitrogens is 4. The molecule has 1 aromatic carbocycles. The van der Waals surface area contributed by atoms with E-state index in [1.54, 1.807) is 19.5 Å². The number of anilines is 4. The molecule has 1 amide bonds. The SMILES string of the molecule is C=CC(=O)Nc1cc(Nc2nccc(-n3ccc4cccnc43)n2)c(OC)cc1N1CCN(C)CC1. The Morgan fingerprint density at radius 1 is 1.08 bits per heavy atom. The van der Waals surface area contributed by atoms with Crippen LogP contribution in [0.15, 0.2) is 67.6 Å². The van der Waals surface area contributed by atoms with Crippen LogP contribution in [0.4, 0.5) is 23.0 Å². The number of benzene rings is 1. The van der Waals surface area contributed by atoms with Crippen molar-refractivity contribution >= 4 is 40.0 Å². The molecular weight excluding hydrogens is 456 g/mol. The molecule has 0 atom stereocenters. The van der Waals surface area contributed by atoms with Gasteiger partial charge >= 0.3 is 0 Å². The average molecular weight is 485 g/mol. The van der Waals surface area contributed by atoms with Gasteiger partial charge in [-0.25, -0.2) is 9.97 Å². The minimum Gasteiger partial charge on any atom is -0.494 e. The average Bonchev–Trinajstić information content (AvgIpc) is 3.34. The van der Waals surface area contributed by atoms with E-state index >= 15 is 0 Å². The molecule has 1 aliphatic heterocycles. The third kappa shape index (κ3) is 4.71. The van der Waals surface area contributed by atoms with Gasteiger partial charge < -0.3 is 25.2 Å². The second kappa shape index (κ2) is 10.0. The fourth-order valence-electron chi connectivity index (χ4n) is 4.24. The van der Waals surface area contributed by atoms with Gasteiger partial charge in [-0.05, 0) is 43.5 Å². The van der Waals surface area contributed by atoms with E-state index in [1.807, 2.05) is 47.2 Å². The van der Waals surface area contributed by atoms with Crippen LogP contribution in [-0.2, 0) is 4.79 Å². The van der Waals surface area contributed by atoms with Crippen LogP contribution in [0.2, 0.25) is 0 Å². The quantitative estimate of drug-likeness (QED) is 0.385. The van der Waals surface area contributed by atoms with Crippen molar-refractivity contribution in [3.63, 3.8) is 0 Å². The van der Waals surface area contributed by atoms with E-state index in [-0.39, 0.29) is 5.91 Å². The third-order valence-corrected chi connectivity index (χ3v) is 6.19. The van der Waals surface area contributed by atoms with Crippen molar-refractivity contribution in [2.75, 3.05) is 55.9 Å². The van der Waals surface area contributed by atoms with Crippen molar-refractivity contribution in [2.24, 2.45) is 0 Å². The molecule has 2 N–H and O–H groups in total. The van der Waals surface area contributed by atoms with E-state index in [1.165, 1.54) is 6.08 Å². The van der Waals surface area contributed by atoms with Crippen molar-refractivity contribution in [2.45, 2.75) is 0 Å². The van der Waals surface area contributed by atoms with Gasteiger partial charge in [0.2, 0.25) is 11.9 Å². The lowest BCUT2D eigenvalue weighted by Crippen LogP contribution is -2.44. The van der Waals surface area contributed by atoms with Crippen molar-refractivity contribution in [3.8, 4) is 11.6 Å². The standard InChI is InChI=1S/C26H28N8O2/c1-4-24(35)29-19-16-20(22(36-3)17-21(19)33-14-12-32(2)13-15-33)30-26-28-10-7-23(31-26)34-11-8-18-6-5-9-27-25(18)34/h4-11,16-17H,1,12-15H2,2-3H3,(H,29,35)(H,28,30,31). The Morgan fingerprint density at radius 2 is 1.92 bits per heavy atom. The molecule has 0 radical (unpaired) electrons. The Hall–Kier alpha value is -4.44. The van der Waals surface area contributed by atoms with Crippen molar-refractivity contribution in [1.82, 2.24) is 24.4 Å². The summed E-state index contributed by atoms with van der Waals surface area (Å²) in [5.74, 6) is 1.39. The third-order valence-electron chi connectivity index (χ3n) is 6.19. The molecule has 1 fully saturated rings. The van der Waals surface area contributed by atoms with Gasteiger partial charge in [0.25, 0.3) is 0 Å². The van der Waals surface area contributed by atoms with E-state index in [2.05, 4.69) is 49.0 Å². The number of fused-ring (bicyclic) bond motifs is 1. The van der Waals surface area contributed by atoms with Crippen LogP contribution in [-0.4, -0.2) is 70.7 Å². The number of amides is 1. The van der Waals surface area contributed by atoms with Crippen LogP contribution in [0.25, 0.3) is 16.9 Å². The Kier molecular flexibility index (Phi) is 6.50. The smallest absolute Gasteiger partial charge is 0.247 e. The summed E-state index contributed by atoms with van der Waals surface area (Å²) in [5, 5.41) is 7.22. The van der Waals surface area contributed by atoms with Gasteiger partial charge in [0.15, 0.2) is 0 Å². The molecule has 10 nitrogen and oxygen atoms in total. The first-order chi connectivity index (χ1) is 17.6. The molecule has 0 aliphatic carbocycles. The normalized spacial score (nSPS) is 14.0. The summed E-state index contributed by atoms with van der Waals surface area (Å²) in [4.78, 5) is 30.3. The number of piperazine rings is 1. The monoisotopic (exact) mass is 484 g/mol. The van der Waals surface area contributed by atoms with Gasteiger partial charge in [-0.2, -0.15) is 4.98 Å². The number of hydrogen-bond donors (Lipinski definition) is 2. The Bertz CT molecular complexity index is 1410. The number of carbonyl (C=O) groups is 1. The Balaban J connectivity index is 1.50. The topological polar surface area (TPSA) is 100 Å². The largest absolute Gasteiger partial charge is 0.494 e. The minimum absolute atomic E-state index is 0.285. The van der Waals surface area contributed by atoms with E-state index in [0.29, 0.717) is 28.9 Å². The second-order valence-electron chi connectivity index (χ2n) is 8.52. The van der Waals surface area contributed by atoms with Crippen LogP contribution in [0, 0.1) is 0 Å². The summed E-state index contributed by atoms with van der Waals surface area (Å²) in [6.07, 6.45) is 6.63. The molecule has 0 unspecified atom stereocenters. The maximum absolute atomic E-state index is 12.2. The van der Waals surface area contributed by atoms with Crippen LogP contribution >= 0.6 is 0 Å². The van der Waals surface area contributed by atoms with Crippen LogP contribution in [0.3, 0.4) is 0 Å². The number of ether oxygens (including phenoxy) is 1. The zero-order valence-electron chi connectivity index (χ0n) is 20.3. The number of methoxy groups -OCH3 is 1. The van der Waals surface area contributed by atoms with Crippen LogP contribution < -0.4 is 20.3 Å². The van der Waals surface area contributed by atoms with E-state index in [9.17, 15) is 4.79 Å². The molecule has 0 saturated carbocycles. The molecular formula is C26H28N8O2. The van der Waals surface area contributed by atoms with Crippen molar-refractivity contribution < 1.29 is 9.53 Å². The number of likely N-dealkylation sites (N-methyl/N-ethyl adjacent to an activating group) is 1. The lowest BCUT2D eigenvalue weighted by molar-refractivity contribution is -0.111. The lowest BCUT2D eigenvalue weighted by Gasteiger charge is -2.35. The molecule has 3 aromatic heterocycles. The highest BCUT2D eigenvalue weighted by molar-refractivity contribution is 6.02. The first-order valence-corrected chi connectivity index (χ1v) is 11.7. The molecule has 10 heteroatoms. The fourth-order valence-corrected chi connectivity index (χ4v) is 4.24. The Morgan fingerprint density at radius 3 is 2.69 bits per heavy atom. The minimum atomic E-state index is -0.285. The fraction of sp³-hybridized carbons (Fsp3) is 0.231. The molecule has 4 heterocycles. The van der Waals surface area contributed by atoms with Gasteiger partial charge in [-0.1, -0.05) is 6.58 Å². The van der Waals surface area contributed by atoms with Crippen molar-refractivity contribution in [3.05, 3.63) is 67.6 Å². The summed E-state index contributed by atoms with van der Waals surface area (Å²) in [7, 11) is 3.72. The highest BCUT2D eigenvalue weighted by atomic mass is 16.5. The predicted molar refractivity (Wildman–Crippen MR) is 141 cm³/mol. The molecule has 1 aliphatic rings.